The molecular formula is C23H23N5O5. The van der Waals surface area contributed by atoms with Crippen LogP contribution in [0.2, 0.25) is 0 Å². The molecule has 4 rings (SSSR count). The highest BCUT2D eigenvalue weighted by molar-refractivity contribution is 5.73. The molecule has 2 aromatic heterocycles. The first-order valence-electron chi connectivity index (χ1n) is 10.2. The molecule has 0 aliphatic carbocycles. The van der Waals surface area contributed by atoms with Gasteiger partial charge in [0.05, 0.1) is 27.0 Å². The Bertz CT molecular complexity index is 1410. The Morgan fingerprint density at radius 2 is 1.73 bits per heavy atom. The maximum absolute atomic E-state index is 13.0. The number of methoxy groups -OCH3 is 3. The minimum Gasteiger partial charge on any atom is -0.495 e. The van der Waals surface area contributed by atoms with Crippen LogP contribution in [0.15, 0.2) is 58.3 Å². The van der Waals surface area contributed by atoms with Crippen molar-refractivity contribution < 1.29 is 14.2 Å². The van der Waals surface area contributed by atoms with E-state index >= 15 is 0 Å². The van der Waals surface area contributed by atoms with Gasteiger partial charge in [0.2, 0.25) is 5.95 Å². The van der Waals surface area contributed by atoms with Gasteiger partial charge in [0.1, 0.15) is 11.1 Å². The largest absolute Gasteiger partial charge is 0.495 e. The normalized spacial score (nSPS) is 10.8. The van der Waals surface area contributed by atoms with Gasteiger partial charge >= 0.3 is 5.69 Å². The smallest absolute Gasteiger partial charge is 0.334 e. The highest BCUT2D eigenvalue weighted by Gasteiger charge is 2.14. The van der Waals surface area contributed by atoms with Gasteiger partial charge in [-0.05, 0) is 36.2 Å². The van der Waals surface area contributed by atoms with Crippen molar-refractivity contribution in [2.24, 2.45) is 0 Å². The zero-order valence-corrected chi connectivity index (χ0v) is 18.4. The van der Waals surface area contributed by atoms with Crippen LogP contribution in [0.4, 0.5) is 5.95 Å². The summed E-state index contributed by atoms with van der Waals surface area (Å²) >= 11 is 0. The fourth-order valence-corrected chi connectivity index (χ4v) is 3.48. The average molecular weight is 449 g/mol. The third-order valence-corrected chi connectivity index (χ3v) is 5.12. The number of ether oxygens (including phenoxy) is 3. The van der Waals surface area contributed by atoms with Crippen molar-refractivity contribution in [3.05, 3.63) is 75.1 Å². The number of anilines is 1. The number of nitrogens with zero attached hydrogens (tertiary/aromatic N) is 3. The van der Waals surface area contributed by atoms with Crippen LogP contribution in [0.1, 0.15) is 5.56 Å². The van der Waals surface area contributed by atoms with E-state index in [9.17, 15) is 9.59 Å². The van der Waals surface area contributed by atoms with Gasteiger partial charge in [-0.25, -0.2) is 14.3 Å². The summed E-state index contributed by atoms with van der Waals surface area (Å²) in [4.78, 5) is 36.9. The lowest BCUT2D eigenvalue weighted by Gasteiger charge is -2.11. The van der Waals surface area contributed by atoms with Crippen molar-refractivity contribution in [3.8, 4) is 22.9 Å². The summed E-state index contributed by atoms with van der Waals surface area (Å²) in [5.74, 6) is 2.02. The van der Waals surface area contributed by atoms with E-state index in [2.05, 4.69) is 20.3 Å². The van der Waals surface area contributed by atoms with Gasteiger partial charge in [-0.15, -0.1) is 0 Å². The molecule has 0 saturated heterocycles. The standard InChI is InChI=1S/C23H23N5O5/c1-31-17-7-5-4-6-16(17)28-21(29)15-13-25-22(26-20(15)27-23(28)30)24-11-10-14-8-9-18(32-2)19(12-14)33-3/h4-9,12-13H,10-11H2,1-3H3,(H2,24,25,26,27,30). The number of aromatic amines is 1. The fraction of sp³-hybridized carbons (Fsp3) is 0.217. The average Bonchev–Trinajstić information content (AvgIpc) is 2.84. The number of hydrogen-bond acceptors (Lipinski definition) is 8. The van der Waals surface area contributed by atoms with E-state index in [-0.39, 0.29) is 11.0 Å². The third-order valence-electron chi connectivity index (χ3n) is 5.12. The second kappa shape index (κ2) is 9.43. The SMILES string of the molecule is COc1ccc(CCNc2ncc3c(=O)n(-c4ccccc4OC)c(=O)[nH]c3n2)cc1OC. The first kappa shape index (κ1) is 21.9. The number of fused-ring (bicyclic) bond motifs is 1. The zero-order valence-electron chi connectivity index (χ0n) is 18.4. The Kier molecular flexibility index (Phi) is 6.25. The van der Waals surface area contributed by atoms with Crippen LogP contribution in [0.25, 0.3) is 16.7 Å². The second-order valence-corrected chi connectivity index (χ2v) is 7.06. The van der Waals surface area contributed by atoms with E-state index in [0.717, 1.165) is 10.1 Å². The molecule has 0 fully saturated rings. The third kappa shape index (κ3) is 4.36. The molecule has 0 saturated carbocycles. The van der Waals surface area contributed by atoms with Crippen molar-refractivity contribution in [2.75, 3.05) is 33.2 Å². The summed E-state index contributed by atoms with van der Waals surface area (Å²) in [6, 6.07) is 12.5. The molecule has 0 bridgehead atoms. The molecule has 0 amide bonds. The minimum absolute atomic E-state index is 0.153. The first-order valence-corrected chi connectivity index (χ1v) is 10.2. The van der Waals surface area contributed by atoms with Gasteiger partial charge in [-0.1, -0.05) is 18.2 Å². The monoisotopic (exact) mass is 449 g/mol. The molecule has 4 aromatic rings. The number of para-hydroxylation sites is 2. The molecule has 10 nitrogen and oxygen atoms in total. The number of rotatable bonds is 8. The highest BCUT2D eigenvalue weighted by atomic mass is 16.5. The first-order chi connectivity index (χ1) is 16.0. The van der Waals surface area contributed by atoms with Gasteiger partial charge in [0, 0.05) is 12.7 Å². The maximum atomic E-state index is 13.0. The Morgan fingerprint density at radius 3 is 2.48 bits per heavy atom. The van der Waals surface area contributed by atoms with Crippen molar-refractivity contribution in [3.63, 3.8) is 0 Å². The highest BCUT2D eigenvalue weighted by Crippen LogP contribution is 2.27. The fourth-order valence-electron chi connectivity index (χ4n) is 3.48. The summed E-state index contributed by atoms with van der Waals surface area (Å²) in [5.41, 5.74) is 0.376. The summed E-state index contributed by atoms with van der Waals surface area (Å²) in [5, 5.41) is 3.30. The van der Waals surface area contributed by atoms with Crippen molar-refractivity contribution in [1.82, 2.24) is 19.5 Å². The Labute approximate surface area is 188 Å². The molecule has 2 aromatic carbocycles. The van der Waals surface area contributed by atoms with Gasteiger partial charge in [0.25, 0.3) is 5.56 Å². The second-order valence-electron chi connectivity index (χ2n) is 7.06. The van der Waals surface area contributed by atoms with E-state index in [4.69, 9.17) is 14.2 Å². The lowest BCUT2D eigenvalue weighted by molar-refractivity contribution is 0.354. The summed E-state index contributed by atoms with van der Waals surface area (Å²) in [6.07, 6.45) is 2.07. The lowest BCUT2D eigenvalue weighted by Crippen LogP contribution is -2.34. The molecule has 2 N–H and O–H groups in total. The van der Waals surface area contributed by atoms with Crippen LogP contribution in [-0.4, -0.2) is 47.4 Å². The van der Waals surface area contributed by atoms with E-state index < -0.39 is 11.2 Å². The molecule has 0 atom stereocenters. The molecule has 2 heterocycles. The van der Waals surface area contributed by atoms with Crippen molar-refractivity contribution in [1.29, 1.82) is 0 Å². The quantitative estimate of drug-likeness (QED) is 0.420. The molecule has 33 heavy (non-hydrogen) atoms. The van der Waals surface area contributed by atoms with Crippen LogP contribution in [0.5, 0.6) is 17.2 Å². The summed E-state index contributed by atoms with van der Waals surface area (Å²) in [6.45, 7) is 0.531. The van der Waals surface area contributed by atoms with Crippen molar-refractivity contribution in [2.45, 2.75) is 6.42 Å². The van der Waals surface area contributed by atoms with Crippen LogP contribution >= 0.6 is 0 Å². The molecule has 170 valence electrons. The lowest BCUT2D eigenvalue weighted by atomic mass is 10.1. The Balaban J connectivity index is 1.57. The van der Waals surface area contributed by atoms with E-state index in [0.29, 0.717) is 41.8 Å². The van der Waals surface area contributed by atoms with E-state index in [1.807, 2.05) is 18.2 Å². The number of aromatic nitrogens is 4. The molecule has 0 spiro atoms. The number of H-pyrrole nitrogens is 1. The predicted octanol–water partition coefficient (Wildman–Crippen LogP) is 2.15. The van der Waals surface area contributed by atoms with Gasteiger partial charge in [0.15, 0.2) is 17.1 Å². The molecule has 0 unspecified atom stereocenters. The van der Waals surface area contributed by atoms with E-state index in [1.54, 1.807) is 38.5 Å². The zero-order chi connectivity index (χ0) is 23.4. The van der Waals surface area contributed by atoms with Gasteiger partial charge in [-0.2, -0.15) is 4.98 Å². The summed E-state index contributed by atoms with van der Waals surface area (Å²) in [7, 11) is 4.65. The number of nitrogens with one attached hydrogen (secondary N) is 2. The number of hydrogen-bond donors (Lipinski definition) is 2. The van der Waals surface area contributed by atoms with Crippen molar-refractivity contribution >= 4 is 17.0 Å². The molecule has 10 heteroatoms. The topological polar surface area (TPSA) is 120 Å². The molecule has 0 aliphatic heterocycles. The van der Waals surface area contributed by atoms with Gasteiger partial charge in [-0.3, -0.25) is 9.78 Å². The van der Waals surface area contributed by atoms with Crippen LogP contribution < -0.4 is 30.8 Å². The van der Waals surface area contributed by atoms with Crippen LogP contribution in [0, 0.1) is 0 Å². The van der Waals surface area contributed by atoms with Crippen LogP contribution in [0.3, 0.4) is 0 Å². The minimum atomic E-state index is -0.619. The maximum Gasteiger partial charge on any atom is 0.334 e. The molecule has 0 aliphatic rings. The predicted molar refractivity (Wildman–Crippen MR) is 124 cm³/mol. The Morgan fingerprint density at radius 1 is 0.970 bits per heavy atom. The van der Waals surface area contributed by atoms with Gasteiger partial charge < -0.3 is 19.5 Å². The molecule has 0 radical (unpaired) electrons. The van der Waals surface area contributed by atoms with E-state index in [1.165, 1.54) is 13.3 Å². The number of benzene rings is 2. The molecular weight excluding hydrogens is 426 g/mol. The summed E-state index contributed by atoms with van der Waals surface area (Å²) < 4.78 is 16.9. The Hall–Kier alpha value is -4.34. The van der Waals surface area contributed by atoms with Crippen LogP contribution in [-0.2, 0) is 6.42 Å².